The van der Waals surface area contributed by atoms with E-state index in [2.05, 4.69) is 22.1 Å². The largest absolute Gasteiger partial charge is 0.497 e. The summed E-state index contributed by atoms with van der Waals surface area (Å²) in [7, 11) is 1.55. The first-order valence-corrected chi connectivity index (χ1v) is 10.9. The molecule has 1 aliphatic heterocycles. The first-order valence-electron chi connectivity index (χ1n) is 10.1. The van der Waals surface area contributed by atoms with E-state index < -0.39 is 12.1 Å². The number of urea groups is 1. The third-order valence-corrected chi connectivity index (χ3v) is 6.01. The fourth-order valence-corrected chi connectivity index (χ4v) is 4.27. The Balaban J connectivity index is 1.52. The van der Waals surface area contributed by atoms with Crippen LogP contribution in [-0.4, -0.2) is 47.9 Å². The Morgan fingerprint density at radius 3 is 2.94 bits per heavy atom. The van der Waals surface area contributed by atoms with Crippen LogP contribution in [0.2, 0.25) is 0 Å². The minimum atomic E-state index is -0.689. The maximum absolute atomic E-state index is 12.9. The highest BCUT2D eigenvalue weighted by Crippen LogP contribution is 2.27. The summed E-state index contributed by atoms with van der Waals surface area (Å²) in [6.45, 7) is 0.559. The number of thiophene rings is 1. The van der Waals surface area contributed by atoms with Gasteiger partial charge in [0.1, 0.15) is 11.8 Å². The second kappa shape index (κ2) is 9.97. The highest BCUT2D eigenvalue weighted by atomic mass is 32.1. The number of benzene rings is 1. The van der Waals surface area contributed by atoms with E-state index in [0.717, 1.165) is 21.0 Å². The zero-order valence-electron chi connectivity index (χ0n) is 17.7. The number of fused-ring (bicyclic) bond motifs is 1. The van der Waals surface area contributed by atoms with E-state index >= 15 is 0 Å². The molecule has 1 aromatic carbocycles. The van der Waals surface area contributed by atoms with E-state index in [9.17, 15) is 14.4 Å². The number of rotatable bonds is 6. The highest BCUT2D eigenvalue weighted by Gasteiger charge is 2.29. The van der Waals surface area contributed by atoms with Crippen molar-refractivity contribution < 1.29 is 19.1 Å². The lowest BCUT2D eigenvalue weighted by Gasteiger charge is -2.20. The van der Waals surface area contributed by atoms with E-state index in [0.29, 0.717) is 24.3 Å². The highest BCUT2D eigenvalue weighted by molar-refractivity contribution is 7.16. The van der Waals surface area contributed by atoms with Gasteiger partial charge in [0.2, 0.25) is 6.41 Å². The average Bonchev–Trinajstić information content (AvgIpc) is 3.43. The van der Waals surface area contributed by atoms with Crippen molar-refractivity contribution in [1.29, 1.82) is 0 Å². The second-order valence-electron chi connectivity index (χ2n) is 7.15. The van der Waals surface area contributed by atoms with E-state index in [-0.39, 0.29) is 12.5 Å². The van der Waals surface area contributed by atoms with Crippen LogP contribution in [0.25, 0.3) is 10.6 Å². The van der Waals surface area contributed by atoms with Gasteiger partial charge >= 0.3 is 6.03 Å². The molecule has 0 bridgehead atoms. The summed E-state index contributed by atoms with van der Waals surface area (Å²) in [6, 6.07) is 13.5. The number of aromatic nitrogens is 1. The van der Waals surface area contributed by atoms with Crippen molar-refractivity contribution in [2.45, 2.75) is 12.6 Å². The third-order valence-electron chi connectivity index (χ3n) is 4.99. The molecule has 4 amide bonds. The number of ether oxygens (including phenoxy) is 1. The van der Waals surface area contributed by atoms with Gasteiger partial charge < -0.3 is 15.0 Å². The van der Waals surface area contributed by atoms with Gasteiger partial charge in [-0.05, 0) is 42.0 Å². The van der Waals surface area contributed by atoms with Crippen LogP contribution in [0, 0.1) is 11.8 Å². The number of nitrogens with zero attached hydrogens (tertiary/aromatic N) is 2. The van der Waals surface area contributed by atoms with Gasteiger partial charge in [-0.25, -0.2) is 4.79 Å². The molecule has 2 N–H and O–H groups in total. The molecule has 0 unspecified atom stereocenters. The number of hydrogen-bond donors (Lipinski definition) is 2. The third kappa shape index (κ3) is 5.19. The Bertz CT molecular complexity index is 1250. The number of methoxy groups -OCH3 is 1. The molecule has 166 valence electrons. The summed E-state index contributed by atoms with van der Waals surface area (Å²) in [4.78, 5) is 43.2. The zero-order chi connectivity index (χ0) is 23.2. The van der Waals surface area contributed by atoms with Crippen molar-refractivity contribution in [3.05, 3.63) is 70.7 Å². The Kier molecular flexibility index (Phi) is 6.66. The molecule has 1 aliphatic rings. The fourth-order valence-electron chi connectivity index (χ4n) is 3.43. The minimum absolute atomic E-state index is 0.160. The lowest BCUT2D eigenvalue weighted by molar-refractivity contribution is -0.108. The maximum Gasteiger partial charge on any atom is 0.322 e. The normalized spacial score (nSPS) is 12.9. The Labute approximate surface area is 194 Å². The van der Waals surface area contributed by atoms with Crippen LogP contribution in [0.5, 0.6) is 5.75 Å². The van der Waals surface area contributed by atoms with Gasteiger partial charge in [0.25, 0.3) is 5.91 Å². The molecule has 0 aliphatic carbocycles. The lowest BCUT2D eigenvalue weighted by Crippen LogP contribution is -2.46. The van der Waals surface area contributed by atoms with Crippen molar-refractivity contribution >= 4 is 29.7 Å². The molecule has 0 fully saturated rings. The van der Waals surface area contributed by atoms with Gasteiger partial charge in [0.15, 0.2) is 0 Å². The molecule has 0 saturated carbocycles. The average molecular weight is 461 g/mol. The van der Waals surface area contributed by atoms with Crippen molar-refractivity contribution in [3.8, 4) is 28.2 Å². The Morgan fingerprint density at radius 2 is 2.18 bits per heavy atom. The molecular formula is C24H20N4O4S. The van der Waals surface area contributed by atoms with Crippen molar-refractivity contribution in [1.82, 2.24) is 20.5 Å². The predicted octanol–water partition coefficient (Wildman–Crippen LogP) is 2.65. The topological polar surface area (TPSA) is 101 Å². The fraction of sp³-hybridized carbons (Fsp3) is 0.167. The summed E-state index contributed by atoms with van der Waals surface area (Å²) < 4.78 is 5.21. The molecule has 1 atom stereocenters. The summed E-state index contributed by atoms with van der Waals surface area (Å²) in [5.74, 6) is 6.52. The standard InChI is InChI=1S/C24H20N4O4S/c1-32-18-7-5-16-13-28(23(30)20(16)12-18)14-17(27-24(31)26-15-29)6-8-19-9-10-22(33-19)21-4-2-3-11-25-21/h2-5,7,9-12,15,17H,13-14H2,1H3,(H2,26,27,29,31)/t17-/m1/s1. The summed E-state index contributed by atoms with van der Waals surface area (Å²) in [5, 5.41) is 4.69. The number of carbonyl (C=O) groups is 3. The van der Waals surface area contributed by atoms with Crippen molar-refractivity contribution in [2.24, 2.45) is 0 Å². The second-order valence-corrected chi connectivity index (χ2v) is 8.23. The van der Waals surface area contributed by atoms with Crippen LogP contribution in [0.15, 0.2) is 54.7 Å². The van der Waals surface area contributed by atoms with Gasteiger partial charge in [-0.3, -0.25) is 19.9 Å². The van der Waals surface area contributed by atoms with Gasteiger partial charge in [-0.1, -0.05) is 24.0 Å². The molecule has 9 heteroatoms. The number of amides is 4. The van der Waals surface area contributed by atoms with E-state index in [1.807, 2.05) is 41.7 Å². The molecule has 4 rings (SSSR count). The number of nitrogens with one attached hydrogen (secondary N) is 2. The van der Waals surface area contributed by atoms with Crippen LogP contribution < -0.4 is 15.4 Å². The molecule has 2 aromatic heterocycles. The SMILES string of the molecule is COc1ccc2c(c1)C(=O)N(C[C@@H](C#Cc1ccc(-c3ccccn3)s1)NC(=O)NC=O)C2. The minimum Gasteiger partial charge on any atom is -0.497 e. The molecule has 8 nitrogen and oxygen atoms in total. The number of imide groups is 1. The number of hydrogen-bond acceptors (Lipinski definition) is 6. The summed E-state index contributed by atoms with van der Waals surface area (Å²) in [5.41, 5.74) is 2.30. The van der Waals surface area contributed by atoms with Gasteiger partial charge in [0, 0.05) is 18.3 Å². The van der Waals surface area contributed by atoms with Gasteiger partial charge in [0.05, 0.1) is 29.1 Å². The van der Waals surface area contributed by atoms with Crippen LogP contribution in [-0.2, 0) is 11.3 Å². The van der Waals surface area contributed by atoms with Crippen molar-refractivity contribution in [2.75, 3.05) is 13.7 Å². The Morgan fingerprint density at radius 1 is 1.30 bits per heavy atom. The van der Waals surface area contributed by atoms with E-state index in [1.165, 1.54) is 11.3 Å². The molecular weight excluding hydrogens is 440 g/mol. The number of carbonyl (C=O) groups excluding carboxylic acids is 3. The molecule has 33 heavy (non-hydrogen) atoms. The lowest BCUT2D eigenvalue weighted by atomic mass is 10.1. The molecule has 3 heterocycles. The first kappa shape index (κ1) is 22.0. The molecule has 0 saturated heterocycles. The van der Waals surface area contributed by atoms with Crippen molar-refractivity contribution in [3.63, 3.8) is 0 Å². The van der Waals surface area contributed by atoms with E-state index in [1.54, 1.807) is 30.3 Å². The molecule has 0 spiro atoms. The monoisotopic (exact) mass is 460 g/mol. The summed E-state index contributed by atoms with van der Waals surface area (Å²) in [6.07, 6.45) is 2.02. The number of pyridine rings is 1. The van der Waals surface area contributed by atoms with Gasteiger partial charge in [-0.15, -0.1) is 11.3 Å². The van der Waals surface area contributed by atoms with Crippen LogP contribution >= 0.6 is 11.3 Å². The van der Waals surface area contributed by atoms with Crippen LogP contribution in [0.1, 0.15) is 20.8 Å². The Hall–Kier alpha value is -4.16. The first-order chi connectivity index (χ1) is 16.1. The molecule has 3 aromatic rings. The van der Waals surface area contributed by atoms with E-state index in [4.69, 9.17) is 4.74 Å². The van der Waals surface area contributed by atoms with Crippen LogP contribution in [0.4, 0.5) is 4.79 Å². The zero-order valence-corrected chi connectivity index (χ0v) is 18.5. The quantitative estimate of drug-likeness (QED) is 0.435. The maximum atomic E-state index is 12.9. The summed E-state index contributed by atoms with van der Waals surface area (Å²) >= 11 is 1.48. The smallest absolute Gasteiger partial charge is 0.322 e. The van der Waals surface area contributed by atoms with Gasteiger partial charge in [-0.2, -0.15) is 0 Å². The predicted molar refractivity (Wildman–Crippen MR) is 124 cm³/mol. The molecule has 0 radical (unpaired) electrons. The van der Waals surface area contributed by atoms with Crippen LogP contribution in [0.3, 0.4) is 0 Å².